The van der Waals surface area contributed by atoms with Crippen molar-refractivity contribution in [3.05, 3.63) is 54.7 Å². The van der Waals surface area contributed by atoms with E-state index in [1.165, 1.54) is 10.6 Å². The Bertz CT molecular complexity index is 968. The molecule has 0 bridgehead atoms. The second-order valence-electron chi connectivity index (χ2n) is 4.88. The van der Waals surface area contributed by atoms with Gasteiger partial charge in [-0.05, 0) is 17.7 Å². The first-order valence-corrected chi connectivity index (χ1v) is 7.39. The molecular formula is C15H14N2O4S. The van der Waals surface area contributed by atoms with Crippen LogP contribution in [-0.2, 0) is 13.5 Å². The Morgan fingerprint density at radius 2 is 2.05 bits per heavy atom. The number of nitrogens with one attached hydrogen (secondary N) is 1. The number of hydrogen-bond donors (Lipinski definition) is 2. The van der Waals surface area contributed by atoms with Crippen molar-refractivity contribution < 1.29 is 9.84 Å². The van der Waals surface area contributed by atoms with Crippen LogP contribution in [0, 0.1) is 0 Å². The smallest absolute Gasteiger partial charge is 0.307 e. The summed E-state index contributed by atoms with van der Waals surface area (Å²) in [5.74, 6) is 0.495. The molecule has 1 aromatic carbocycles. The minimum absolute atomic E-state index is 0.108. The van der Waals surface area contributed by atoms with E-state index < -0.39 is 0 Å². The summed E-state index contributed by atoms with van der Waals surface area (Å²) in [6, 6.07) is 6.88. The van der Waals surface area contributed by atoms with Gasteiger partial charge < -0.3 is 14.4 Å². The lowest BCUT2D eigenvalue weighted by Gasteiger charge is -2.13. The van der Waals surface area contributed by atoms with Crippen molar-refractivity contribution in [2.75, 3.05) is 7.11 Å². The fraction of sp³-hybridized carbons (Fsp3) is 0.200. The monoisotopic (exact) mass is 318 g/mol. The second kappa shape index (κ2) is 5.34. The number of aromatic nitrogens is 2. The number of H-pyrrole nitrogens is 1. The summed E-state index contributed by atoms with van der Waals surface area (Å²) < 4.78 is 6.86. The number of fused-ring (bicyclic) bond motifs is 1. The SMILES string of the molecule is COc1ccc(Cc2sc(=O)[nH]c2O)c2ccc(=O)n(C)c12. The van der Waals surface area contributed by atoms with Gasteiger partial charge >= 0.3 is 4.87 Å². The molecule has 0 aliphatic carbocycles. The molecule has 2 aromatic heterocycles. The van der Waals surface area contributed by atoms with Gasteiger partial charge in [0.15, 0.2) is 0 Å². The molecule has 0 atom stereocenters. The van der Waals surface area contributed by atoms with Crippen molar-refractivity contribution in [3.63, 3.8) is 0 Å². The van der Waals surface area contributed by atoms with Gasteiger partial charge in [0.1, 0.15) is 5.75 Å². The van der Waals surface area contributed by atoms with Crippen LogP contribution < -0.4 is 15.2 Å². The Balaban J connectivity index is 2.23. The standard InChI is InChI=1S/C15H14N2O4S/c1-17-12(18)6-4-9-8(3-5-10(21-2)13(9)17)7-11-14(19)16-15(20)22-11/h3-6,19H,7H2,1-2H3,(H,16,20). The summed E-state index contributed by atoms with van der Waals surface area (Å²) in [6.45, 7) is 0. The number of rotatable bonds is 3. The Hall–Kier alpha value is -2.54. The van der Waals surface area contributed by atoms with Crippen LogP contribution in [0.2, 0.25) is 0 Å². The predicted molar refractivity (Wildman–Crippen MR) is 85.2 cm³/mol. The molecule has 0 aliphatic heterocycles. The van der Waals surface area contributed by atoms with E-state index in [1.54, 1.807) is 26.3 Å². The molecule has 3 rings (SSSR count). The largest absolute Gasteiger partial charge is 0.495 e. The van der Waals surface area contributed by atoms with Crippen molar-refractivity contribution in [2.24, 2.45) is 7.05 Å². The molecule has 0 fully saturated rings. The molecule has 6 nitrogen and oxygen atoms in total. The molecule has 2 heterocycles. The van der Waals surface area contributed by atoms with Crippen LogP contribution in [0.5, 0.6) is 11.6 Å². The van der Waals surface area contributed by atoms with E-state index in [1.807, 2.05) is 6.07 Å². The fourth-order valence-electron chi connectivity index (χ4n) is 2.50. The Morgan fingerprint density at radius 3 is 2.68 bits per heavy atom. The Morgan fingerprint density at radius 1 is 1.27 bits per heavy atom. The van der Waals surface area contributed by atoms with E-state index in [0.717, 1.165) is 22.3 Å². The second-order valence-corrected chi connectivity index (χ2v) is 5.95. The summed E-state index contributed by atoms with van der Waals surface area (Å²) in [6.07, 6.45) is 0.397. The first kappa shape index (κ1) is 14.4. The summed E-state index contributed by atoms with van der Waals surface area (Å²) in [5.41, 5.74) is 1.46. The maximum atomic E-state index is 11.9. The topological polar surface area (TPSA) is 84.3 Å². The van der Waals surface area contributed by atoms with E-state index in [4.69, 9.17) is 4.74 Å². The average molecular weight is 318 g/mol. The Labute approximate surface area is 129 Å². The molecule has 3 aromatic rings. The van der Waals surface area contributed by atoms with E-state index >= 15 is 0 Å². The molecule has 0 amide bonds. The van der Waals surface area contributed by atoms with E-state index in [0.29, 0.717) is 22.6 Å². The van der Waals surface area contributed by atoms with Crippen molar-refractivity contribution >= 4 is 22.2 Å². The molecule has 7 heteroatoms. The number of aromatic hydroxyl groups is 1. The zero-order chi connectivity index (χ0) is 15.9. The molecule has 0 saturated carbocycles. The van der Waals surface area contributed by atoms with Crippen LogP contribution in [0.15, 0.2) is 33.9 Å². The van der Waals surface area contributed by atoms with Crippen LogP contribution in [0.25, 0.3) is 10.9 Å². The van der Waals surface area contributed by atoms with Crippen molar-refractivity contribution in [3.8, 4) is 11.6 Å². The van der Waals surface area contributed by atoms with Gasteiger partial charge in [0.2, 0.25) is 5.88 Å². The predicted octanol–water partition coefficient (Wildman–Crippen LogP) is 1.59. The lowest BCUT2D eigenvalue weighted by molar-refractivity contribution is 0.417. The van der Waals surface area contributed by atoms with E-state index in [2.05, 4.69) is 4.98 Å². The van der Waals surface area contributed by atoms with Crippen LogP contribution >= 0.6 is 11.3 Å². The van der Waals surface area contributed by atoms with E-state index in [9.17, 15) is 14.7 Å². The third-order valence-corrected chi connectivity index (χ3v) is 4.47. The minimum atomic E-state index is -0.294. The van der Waals surface area contributed by atoms with Crippen LogP contribution in [0.4, 0.5) is 0 Å². The van der Waals surface area contributed by atoms with Gasteiger partial charge in [-0.15, -0.1) is 0 Å². The number of methoxy groups -OCH3 is 1. The Kier molecular flexibility index (Phi) is 3.50. The number of aryl methyl sites for hydroxylation is 1. The fourth-order valence-corrected chi connectivity index (χ4v) is 3.25. The van der Waals surface area contributed by atoms with Gasteiger partial charge in [-0.2, -0.15) is 0 Å². The highest BCUT2D eigenvalue weighted by Gasteiger charge is 2.14. The van der Waals surface area contributed by atoms with Crippen LogP contribution in [0.3, 0.4) is 0 Å². The number of ether oxygens (including phenoxy) is 1. The third kappa shape index (κ3) is 2.29. The minimum Gasteiger partial charge on any atom is -0.495 e. The average Bonchev–Trinajstić information content (AvgIpc) is 2.81. The molecule has 2 N–H and O–H groups in total. The zero-order valence-corrected chi connectivity index (χ0v) is 12.9. The molecule has 22 heavy (non-hydrogen) atoms. The van der Waals surface area contributed by atoms with E-state index in [-0.39, 0.29) is 16.3 Å². The quantitative estimate of drug-likeness (QED) is 0.768. The maximum absolute atomic E-state index is 11.9. The molecule has 0 spiro atoms. The highest BCUT2D eigenvalue weighted by Crippen LogP contribution is 2.30. The first-order chi connectivity index (χ1) is 10.5. The summed E-state index contributed by atoms with van der Waals surface area (Å²) in [7, 11) is 3.23. The summed E-state index contributed by atoms with van der Waals surface area (Å²) in [5, 5.41) is 10.6. The van der Waals surface area contributed by atoms with Crippen LogP contribution in [-0.4, -0.2) is 21.8 Å². The molecular weight excluding hydrogens is 304 g/mol. The molecule has 114 valence electrons. The number of pyridine rings is 1. The third-order valence-electron chi connectivity index (χ3n) is 3.60. The lowest BCUT2D eigenvalue weighted by atomic mass is 10.0. The van der Waals surface area contributed by atoms with Crippen LogP contribution in [0.1, 0.15) is 10.4 Å². The lowest BCUT2D eigenvalue weighted by Crippen LogP contribution is -2.16. The van der Waals surface area contributed by atoms with Crippen molar-refractivity contribution in [1.82, 2.24) is 9.55 Å². The van der Waals surface area contributed by atoms with Gasteiger partial charge in [-0.25, -0.2) is 0 Å². The van der Waals surface area contributed by atoms with Crippen molar-refractivity contribution in [1.29, 1.82) is 0 Å². The number of nitrogens with zero attached hydrogens (tertiary/aromatic N) is 1. The van der Waals surface area contributed by atoms with Gasteiger partial charge in [-0.1, -0.05) is 17.4 Å². The van der Waals surface area contributed by atoms with Gasteiger partial charge in [0.05, 0.1) is 17.5 Å². The number of aromatic amines is 1. The molecule has 0 radical (unpaired) electrons. The van der Waals surface area contributed by atoms with Gasteiger partial charge in [-0.3, -0.25) is 14.6 Å². The van der Waals surface area contributed by atoms with Crippen molar-refractivity contribution in [2.45, 2.75) is 6.42 Å². The molecule has 0 saturated heterocycles. The maximum Gasteiger partial charge on any atom is 0.307 e. The number of benzene rings is 1. The molecule has 0 unspecified atom stereocenters. The summed E-state index contributed by atoms with van der Waals surface area (Å²) in [4.78, 5) is 25.8. The highest BCUT2D eigenvalue weighted by molar-refractivity contribution is 7.09. The first-order valence-electron chi connectivity index (χ1n) is 6.58. The van der Waals surface area contributed by atoms with Gasteiger partial charge in [0.25, 0.3) is 5.56 Å². The molecule has 0 aliphatic rings. The normalized spacial score (nSPS) is 11.0. The number of thiazole rings is 1. The summed E-state index contributed by atoms with van der Waals surface area (Å²) >= 11 is 0.974. The number of hydrogen-bond acceptors (Lipinski definition) is 5. The highest BCUT2D eigenvalue weighted by atomic mass is 32.1. The van der Waals surface area contributed by atoms with Gasteiger partial charge in [0, 0.05) is 24.9 Å². The zero-order valence-electron chi connectivity index (χ0n) is 12.0.